The van der Waals surface area contributed by atoms with Gasteiger partial charge in [0.25, 0.3) is 0 Å². The van der Waals surface area contributed by atoms with E-state index in [2.05, 4.69) is 29.4 Å². The minimum absolute atomic E-state index is 0.0698. The molecule has 1 aromatic rings. The van der Waals surface area contributed by atoms with Gasteiger partial charge in [0.2, 0.25) is 0 Å². The maximum absolute atomic E-state index is 10.9. The zero-order chi connectivity index (χ0) is 13.1. The Labute approximate surface area is 106 Å². The van der Waals surface area contributed by atoms with Gasteiger partial charge in [-0.25, -0.2) is 4.68 Å². The Kier molecular flexibility index (Phi) is 3.93. The Bertz CT molecular complexity index is 412. The van der Waals surface area contributed by atoms with Gasteiger partial charge in [0.1, 0.15) is 0 Å². The third-order valence-corrected chi connectivity index (χ3v) is 3.37. The average molecular weight is 252 g/mol. The highest BCUT2D eigenvalue weighted by Crippen LogP contribution is 2.41. The number of carbonyl (C=O) groups is 1. The molecule has 1 fully saturated rings. The third kappa shape index (κ3) is 3.27. The third-order valence-electron chi connectivity index (χ3n) is 3.37. The molecule has 2 rings (SSSR count). The average Bonchev–Trinajstić information content (AvgIpc) is 3.02. The molecule has 0 bridgehead atoms. The van der Waals surface area contributed by atoms with Gasteiger partial charge in [-0.05, 0) is 41.5 Å². The van der Waals surface area contributed by atoms with Crippen molar-refractivity contribution in [3.63, 3.8) is 0 Å². The number of hydrogen-bond donors (Lipinski definition) is 1. The summed E-state index contributed by atoms with van der Waals surface area (Å²) in [5.74, 6) is 1.07. The van der Waals surface area contributed by atoms with Gasteiger partial charge in [-0.3, -0.25) is 4.79 Å². The van der Waals surface area contributed by atoms with Crippen LogP contribution >= 0.6 is 0 Å². The monoisotopic (exact) mass is 252 g/mol. The second-order valence-corrected chi connectivity index (χ2v) is 5.47. The summed E-state index contributed by atoms with van der Waals surface area (Å²) in [5.41, 5.74) is 0. The maximum atomic E-state index is 10.9. The van der Waals surface area contributed by atoms with E-state index < -0.39 is 5.97 Å². The normalized spacial score (nSPS) is 17.1. The van der Waals surface area contributed by atoms with Crippen LogP contribution in [0.15, 0.2) is 0 Å². The number of hydrogen-bond acceptors (Lipinski definition) is 4. The summed E-state index contributed by atoms with van der Waals surface area (Å²) in [7, 11) is 0. The Hall–Kier alpha value is -1.46. The van der Waals surface area contributed by atoms with E-state index in [4.69, 9.17) is 5.11 Å². The largest absolute Gasteiger partial charge is 0.481 e. The summed E-state index contributed by atoms with van der Waals surface area (Å²) in [6.45, 7) is 4.31. The van der Waals surface area contributed by atoms with Crippen LogP contribution in [0, 0.1) is 11.8 Å². The molecule has 1 N–H and O–H groups in total. The highest BCUT2D eigenvalue weighted by Gasteiger charge is 2.36. The molecular weight excluding hydrogens is 232 g/mol. The zero-order valence-corrected chi connectivity index (χ0v) is 10.9. The molecule has 0 spiro atoms. The molecule has 0 aliphatic heterocycles. The molecule has 0 saturated heterocycles. The smallest absolute Gasteiger partial charge is 0.305 e. The lowest BCUT2D eigenvalue weighted by Gasteiger charge is -2.16. The van der Waals surface area contributed by atoms with Gasteiger partial charge in [-0.2, -0.15) is 0 Å². The van der Waals surface area contributed by atoms with Crippen LogP contribution in [0.2, 0.25) is 0 Å². The van der Waals surface area contributed by atoms with Crippen LogP contribution in [0.1, 0.15) is 51.4 Å². The molecule has 1 unspecified atom stereocenters. The van der Waals surface area contributed by atoms with E-state index in [1.165, 1.54) is 0 Å². The standard InChI is InChI=1S/C12H20N4O2/c1-8(2)3-6-11-13-14-15-16(11)10(7-12(17)18)9-4-5-9/h8-10H,3-7H2,1-2H3,(H,17,18). The van der Waals surface area contributed by atoms with Crippen LogP contribution < -0.4 is 0 Å². The first-order valence-electron chi connectivity index (χ1n) is 6.56. The van der Waals surface area contributed by atoms with E-state index >= 15 is 0 Å². The van der Waals surface area contributed by atoms with Crippen molar-refractivity contribution >= 4 is 5.97 Å². The molecule has 1 atom stereocenters. The van der Waals surface area contributed by atoms with Crippen molar-refractivity contribution in [1.82, 2.24) is 20.2 Å². The van der Waals surface area contributed by atoms with E-state index in [1.807, 2.05) is 0 Å². The number of tetrazole rings is 1. The molecule has 100 valence electrons. The molecule has 1 aromatic heterocycles. The highest BCUT2D eigenvalue weighted by molar-refractivity contribution is 5.67. The van der Waals surface area contributed by atoms with Crippen LogP contribution in [0.25, 0.3) is 0 Å². The van der Waals surface area contributed by atoms with Crippen LogP contribution in [-0.4, -0.2) is 31.3 Å². The number of carboxylic acid groups (broad SMARTS) is 1. The van der Waals surface area contributed by atoms with Crippen molar-refractivity contribution in [3.8, 4) is 0 Å². The van der Waals surface area contributed by atoms with Crippen molar-refractivity contribution < 1.29 is 9.90 Å². The number of rotatable bonds is 7. The molecule has 0 aromatic carbocycles. The maximum Gasteiger partial charge on any atom is 0.305 e. The summed E-state index contributed by atoms with van der Waals surface area (Å²) in [6.07, 6.45) is 4.12. The van der Waals surface area contributed by atoms with Crippen LogP contribution in [0.4, 0.5) is 0 Å². The molecular formula is C12H20N4O2. The summed E-state index contributed by atoms with van der Waals surface area (Å²) in [5, 5.41) is 20.7. The lowest BCUT2D eigenvalue weighted by atomic mass is 10.1. The van der Waals surface area contributed by atoms with E-state index in [9.17, 15) is 4.79 Å². The fourth-order valence-corrected chi connectivity index (χ4v) is 2.16. The van der Waals surface area contributed by atoms with Crippen LogP contribution in [0.3, 0.4) is 0 Å². The van der Waals surface area contributed by atoms with Gasteiger partial charge in [-0.1, -0.05) is 13.8 Å². The number of nitrogens with zero attached hydrogens (tertiary/aromatic N) is 4. The molecule has 0 amide bonds. The van der Waals surface area contributed by atoms with Gasteiger partial charge in [0.05, 0.1) is 12.5 Å². The Morgan fingerprint density at radius 1 is 1.50 bits per heavy atom. The van der Waals surface area contributed by atoms with Gasteiger partial charge >= 0.3 is 5.97 Å². The predicted octanol–water partition coefficient (Wildman–Crippen LogP) is 1.69. The Morgan fingerprint density at radius 3 is 2.78 bits per heavy atom. The molecule has 6 heteroatoms. The van der Waals surface area contributed by atoms with Crippen molar-refractivity contribution in [3.05, 3.63) is 5.82 Å². The first-order chi connectivity index (χ1) is 8.58. The molecule has 1 saturated carbocycles. The minimum Gasteiger partial charge on any atom is -0.481 e. The molecule has 0 radical (unpaired) electrons. The van der Waals surface area contributed by atoms with Crippen molar-refractivity contribution in [2.45, 2.75) is 52.0 Å². The second-order valence-electron chi connectivity index (χ2n) is 5.47. The number of aryl methyl sites for hydroxylation is 1. The Balaban J connectivity index is 2.09. The first-order valence-corrected chi connectivity index (χ1v) is 6.56. The van der Waals surface area contributed by atoms with Crippen LogP contribution in [-0.2, 0) is 11.2 Å². The van der Waals surface area contributed by atoms with Gasteiger partial charge < -0.3 is 5.11 Å². The van der Waals surface area contributed by atoms with Crippen molar-refractivity contribution in [2.24, 2.45) is 11.8 Å². The van der Waals surface area contributed by atoms with Gasteiger partial charge in [-0.15, -0.1) is 5.10 Å². The molecule has 18 heavy (non-hydrogen) atoms. The fraction of sp³-hybridized carbons (Fsp3) is 0.833. The summed E-state index contributed by atoms with van der Waals surface area (Å²) in [6, 6.07) is -0.0698. The fourth-order valence-electron chi connectivity index (χ4n) is 2.16. The number of carboxylic acids is 1. The van der Waals surface area contributed by atoms with E-state index in [1.54, 1.807) is 4.68 Å². The summed E-state index contributed by atoms with van der Waals surface area (Å²) >= 11 is 0. The molecule has 1 heterocycles. The summed E-state index contributed by atoms with van der Waals surface area (Å²) < 4.78 is 1.74. The summed E-state index contributed by atoms with van der Waals surface area (Å²) in [4.78, 5) is 10.9. The lowest BCUT2D eigenvalue weighted by Crippen LogP contribution is -2.19. The SMILES string of the molecule is CC(C)CCc1nnnn1C(CC(=O)O)C1CC1. The quantitative estimate of drug-likeness (QED) is 0.798. The van der Waals surface area contributed by atoms with Gasteiger partial charge in [0.15, 0.2) is 5.82 Å². The first kappa shape index (κ1) is 13.0. The molecule has 6 nitrogen and oxygen atoms in total. The van der Waals surface area contributed by atoms with Crippen molar-refractivity contribution in [2.75, 3.05) is 0 Å². The van der Waals surface area contributed by atoms with Crippen LogP contribution in [0.5, 0.6) is 0 Å². The van der Waals surface area contributed by atoms with E-state index in [-0.39, 0.29) is 12.5 Å². The Morgan fingerprint density at radius 2 is 2.22 bits per heavy atom. The topological polar surface area (TPSA) is 80.9 Å². The molecule has 1 aliphatic rings. The lowest BCUT2D eigenvalue weighted by molar-refractivity contribution is -0.138. The molecule has 1 aliphatic carbocycles. The minimum atomic E-state index is -0.780. The van der Waals surface area contributed by atoms with Gasteiger partial charge in [0, 0.05) is 6.42 Å². The highest BCUT2D eigenvalue weighted by atomic mass is 16.4. The van der Waals surface area contributed by atoms with E-state index in [0.717, 1.165) is 31.5 Å². The number of aromatic nitrogens is 4. The second kappa shape index (κ2) is 5.46. The zero-order valence-electron chi connectivity index (χ0n) is 10.9. The van der Waals surface area contributed by atoms with Crippen molar-refractivity contribution in [1.29, 1.82) is 0 Å². The van der Waals surface area contributed by atoms with E-state index in [0.29, 0.717) is 11.8 Å². The predicted molar refractivity (Wildman–Crippen MR) is 65.0 cm³/mol. The number of aliphatic carboxylic acids is 1.